The molecule has 0 atom stereocenters. The highest BCUT2D eigenvalue weighted by atomic mass is 35.5. The number of halogens is 1. The number of nitrogens with two attached hydrogens (primary N) is 1. The zero-order chi connectivity index (χ0) is 14.0. The molecule has 0 amide bonds. The fraction of sp³-hybridized carbons (Fsp3) is 0.250. The lowest BCUT2D eigenvalue weighted by Crippen LogP contribution is -1.95. The van der Waals surface area contributed by atoms with Gasteiger partial charge in [-0.25, -0.2) is 0 Å². The van der Waals surface area contributed by atoms with Gasteiger partial charge in [0.1, 0.15) is 5.75 Å². The summed E-state index contributed by atoms with van der Waals surface area (Å²) < 4.78 is 5.90. The second kappa shape index (κ2) is 5.54. The Balaban J connectivity index is 2.37. The van der Waals surface area contributed by atoms with Crippen LogP contribution in [0.25, 0.3) is 0 Å². The van der Waals surface area contributed by atoms with E-state index in [1.165, 1.54) is 5.56 Å². The van der Waals surface area contributed by atoms with Gasteiger partial charge in [-0.1, -0.05) is 37.6 Å². The molecule has 0 unspecified atom stereocenters. The Bertz CT molecular complexity index is 593. The van der Waals surface area contributed by atoms with Gasteiger partial charge in [0.2, 0.25) is 0 Å². The maximum absolute atomic E-state index is 5.97. The molecule has 0 bridgehead atoms. The van der Waals surface area contributed by atoms with Crippen molar-refractivity contribution in [3.8, 4) is 11.5 Å². The van der Waals surface area contributed by atoms with Gasteiger partial charge < -0.3 is 10.5 Å². The molecule has 0 aliphatic carbocycles. The molecule has 2 rings (SSSR count). The van der Waals surface area contributed by atoms with Gasteiger partial charge in [-0.2, -0.15) is 0 Å². The molecule has 0 aromatic heterocycles. The van der Waals surface area contributed by atoms with E-state index >= 15 is 0 Å². The molecule has 3 heteroatoms. The SMILES string of the molecule is Cc1ccc(C(C)C)cc1Oc1cc(Cl)ccc1N. The molecular formula is C16H18ClNO. The molecular weight excluding hydrogens is 258 g/mol. The highest BCUT2D eigenvalue weighted by Crippen LogP contribution is 2.33. The van der Waals surface area contributed by atoms with Crippen LogP contribution in [0.1, 0.15) is 30.9 Å². The topological polar surface area (TPSA) is 35.2 Å². The fourth-order valence-corrected chi connectivity index (χ4v) is 1.96. The van der Waals surface area contributed by atoms with Crippen LogP contribution in [0.2, 0.25) is 5.02 Å². The van der Waals surface area contributed by atoms with Gasteiger partial charge in [0.15, 0.2) is 5.75 Å². The summed E-state index contributed by atoms with van der Waals surface area (Å²) in [6, 6.07) is 11.5. The zero-order valence-corrected chi connectivity index (χ0v) is 12.2. The number of benzene rings is 2. The molecule has 0 saturated carbocycles. The van der Waals surface area contributed by atoms with Gasteiger partial charge in [0, 0.05) is 11.1 Å². The van der Waals surface area contributed by atoms with Crippen molar-refractivity contribution < 1.29 is 4.74 Å². The minimum atomic E-state index is 0.458. The average molecular weight is 276 g/mol. The summed E-state index contributed by atoms with van der Waals surface area (Å²) in [5.74, 6) is 1.87. The summed E-state index contributed by atoms with van der Waals surface area (Å²) in [7, 11) is 0. The quantitative estimate of drug-likeness (QED) is 0.787. The predicted octanol–water partition coefficient (Wildman–Crippen LogP) is 5.15. The van der Waals surface area contributed by atoms with E-state index in [2.05, 4.69) is 32.0 Å². The molecule has 19 heavy (non-hydrogen) atoms. The van der Waals surface area contributed by atoms with Crippen LogP contribution in [0.15, 0.2) is 36.4 Å². The summed E-state index contributed by atoms with van der Waals surface area (Å²) in [5.41, 5.74) is 8.79. The third-order valence-electron chi connectivity index (χ3n) is 3.07. The standard InChI is InChI=1S/C16H18ClNO/c1-10(2)12-5-4-11(3)15(8-12)19-16-9-13(17)6-7-14(16)18/h4-10H,18H2,1-3H3. The lowest BCUT2D eigenvalue weighted by atomic mass is 10.0. The van der Waals surface area contributed by atoms with Crippen molar-refractivity contribution in [3.63, 3.8) is 0 Å². The van der Waals surface area contributed by atoms with Crippen molar-refractivity contribution in [2.24, 2.45) is 0 Å². The van der Waals surface area contributed by atoms with E-state index in [1.807, 2.05) is 6.92 Å². The van der Waals surface area contributed by atoms with Crippen LogP contribution in [-0.4, -0.2) is 0 Å². The first-order valence-corrected chi connectivity index (χ1v) is 6.68. The Morgan fingerprint density at radius 1 is 1.05 bits per heavy atom. The smallest absolute Gasteiger partial charge is 0.151 e. The van der Waals surface area contributed by atoms with Gasteiger partial charge in [-0.05, 0) is 42.2 Å². The number of hydrogen-bond donors (Lipinski definition) is 1. The molecule has 2 aromatic carbocycles. The Labute approximate surface area is 119 Å². The summed E-state index contributed by atoms with van der Waals surface area (Å²) >= 11 is 5.97. The van der Waals surface area contributed by atoms with Gasteiger partial charge >= 0.3 is 0 Å². The van der Waals surface area contributed by atoms with Gasteiger partial charge in [-0.3, -0.25) is 0 Å². The molecule has 2 nitrogen and oxygen atoms in total. The average Bonchev–Trinajstić information content (AvgIpc) is 2.36. The number of aryl methyl sites for hydroxylation is 1. The third-order valence-corrected chi connectivity index (χ3v) is 3.31. The highest BCUT2D eigenvalue weighted by Gasteiger charge is 2.08. The van der Waals surface area contributed by atoms with Crippen molar-refractivity contribution in [2.75, 3.05) is 5.73 Å². The molecule has 100 valence electrons. The summed E-state index contributed by atoms with van der Waals surface area (Å²) in [5, 5.41) is 0.613. The molecule has 0 spiro atoms. The van der Waals surface area contributed by atoms with Crippen LogP contribution in [0.4, 0.5) is 5.69 Å². The van der Waals surface area contributed by atoms with Crippen molar-refractivity contribution in [2.45, 2.75) is 26.7 Å². The monoisotopic (exact) mass is 275 g/mol. The molecule has 0 aliphatic rings. The van der Waals surface area contributed by atoms with Crippen LogP contribution in [0.5, 0.6) is 11.5 Å². The van der Waals surface area contributed by atoms with Gasteiger partial charge in [-0.15, -0.1) is 0 Å². The summed E-state index contributed by atoms with van der Waals surface area (Å²) in [6.45, 7) is 6.32. The number of ether oxygens (including phenoxy) is 1. The van der Waals surface area contributed by atoms with Crippen molar-refractivity contribution in [3.05, 3.63) is 52.5 Å². The Kier molecular flexibility index (Phi) is 4.01. The molecule has 0 heterocycles. The second-order valence-electron chi connectivity index (χ2n) is 4.96. The van der Waals surface area contributed by atoms with Crippen LogP contribution in [0.3, 0.4) is 0 Å². The van der Waals surface area contributed by atoms with E-state index in [0.29, 0.717) is 22.4 Å². The van der Waals surface area contributed by atoms with Gasteiger partial charge in [0.25, 0.3) is 0 Å². The lowest BCUT2D eigenvalue weighted by Gasteiger charge is -2.14. The minimum absolute atomic E-state index is 0.458. The van der Waals surface area contributed by atoms with Crippen molar-refractivity contribution in [1.29, 1.82) is 0 Å². The molecule has 2 aromatic rings. The van der Waals surface area contributed by atoms with Gasteiger partial charge in [0.05, 0.1) is 5.69 Å². The highest BCUT2D eigenvalue weighted by molar-refractivity contribution is 6.30. The minimum Gasteiger partial charge on any atom is -0.455 e. The number of anilines is 1. The van der Waals surface area contributed by atoms with E-state index in [9.17, 15) is 0 Å². The molecule has 0 radical (unpaired) electrons. The molecule has 0 aliphatic heterocycles. The van der Waals surface area contributed by atoms with E-state index in [-0.39, 0.29) is 0 Å². The zero-order valence-electron chi connectivity index (χ0n) is 11.4. The third kappa shape index (κ3) is 3.21. The van der Waals surface area contributed by atoms with E-state index in [0.717, 1.165) is 11.3 Å². The number of rotatable bonds is 3. The number of nitrogen functional groups attached to an aromatic ring is 1. The Morgan fingerprint density at radius 3 is 2.47 bits per heavy atom. The largest absolute Gasteiger partial charge is 0.455 e. The maximum atomic E-state index is 5.97. The Hall–Kier alpha value is -1.67. The van der Waals surface area contributed by atoms with E-state index in [4.69, 9.17) is 22.1 Å². The van der Waals surface area contributed by atoms with Crippen LogP contribution in [-0.2, 0) is 0 Å². The van der Waals surface area contributed by atoms with E-state index in [1.54, 1.807) is 18.2 Å². The number of hydrogen-bond acceptors (Lipinski definition) is 2. The lowest BCUT2D eigenvalue weighted by molar-refractivity contribution is 0.480. The van der Waals surface area contributed by atoms with Crippen molar-refractivity contribution in [1.82, 2.24) is 0 Å². The predicted molar refractivity (Wildman–Crippen MR) is 81.2 cm³/mol. The molecule has 0 fully saturated rings. The first kappa shape index (κ1) is 13.8. The van der Waals surface area contributed by atoms with Crippen molar-refractivity contribution >= 4 is 17.3 Å². The van der Waals surface area contributed by atoms with Crippen LogP contribution in [0, 0.1) is 6.92 Å². The maximum Gasteiger partial charge on any atom is 0.151 e. The first-order valence-electron chi connectivity index (χ1n) is 6.31. The molecule has 0 saturated heterocycles. The summed E-state index contributed by atoms with van der Waals surface area (Å²) in [6.07, 6.45) is 0. The first-order chi connectivity index (χ1) is 8.97. The summed E-state index contributed by atoms with van der Waals surface area (Å²) in [4.78, 5) is 0. The van der Waals surface area contributed by atoms with Crippen LogP contribution < -0.4 is 10.5 Å². The second-order valence-corrected chi connectivity index (χ2v) is 5.40. The normalized spacial score (nSPS) is 10.8. The Morgan fingerprint density at radius 2 is 1.79 bits per heavy atom. The van der Waals surface area contributed by atoms with E-state index < -0.39 is 0 Å². The van der Waals surface area contributed by atoms with Crippen LogP contribution >= 0.6 is 11.6 Å². The fourth-order valence-electron chi connectivity index (χ4n) is 1.80. The molecule has 2 N–H and O–H groups in total.